The van der Waals surface area contributed by atoms with Gasteiger partial charge in [0, 0.05) is 5.56 Å². The summed E-state index contributed by atoms with van der Waals surface area (Å²) in [5, 5.41) is 0. The highest BCUT2D eigenvalue weighted by atomic mass is 19.1. The van der Waals surface area contributed by atoms with Gasteiger partial charge in [0.15, 0.2) is 11.6 Å². The molecule has 0 atom stereocenters. The molecule has 1 aliphatic rings. The van der Waals surface area contributed by atoms with Crippen LogP contribution in [-0.4, -0.2) is 54.1 Å². The monoisotopic (exact) mass is 381 g/mol. The number of hydrogen-bond donors (Lipinski definition) is 1. The Balaban J connectivity index is 1.37. The molecule has 1 aliphatic heterocycles. The number of fused-ring (bicyclic) bond motifs is 1. The van der Waals surface area contributed by atoms with Crippen molar-refractivity contribution in [1.29, 1.82) is 0 Å². The zero-order valence-corrected chi connectivity index (χ0v) is 15.7. The molecule has 2 heterocycles. The maximum Gasteiger partial charge on any atom is 0.274 e. The fourth-order valence-corrected chi connectivity index (χ4v) is 3.53. The van der Waals surface area contributed by atoms with Gasteiger partial charge in [0.25, 0.3) is 5.91 Å². The highest BCUT2D eigenvalue weighted by Crippen LogP contribution is 2.17. The lowest BCUT2D eigenvalue weighted by Gasteiger charge is -2.32. The first-order valence-corrected chi connectivity index (χ1v) is 9.31. The number of carbonyl (C=O) groups is 1. The quantitative estimate of drug-likeness (QED) is 0.741. The van der Waals surface area contributed by atoms with Gasteiger partial charge in [0.2, 0.25) is 0 Å². The first-order chi connectivity index (χ1) is 13.6. The molecule has 1 saturated heterocycles. The molecule has 3 aromatic rings. The van der Waals surface area contributed by atoms with Crippen LogP contribution in [-0.2, 0) is 6.54 Å². The largest absolute Gasteiger partial charge is 0.494 e. The summed E-state index contributed by atoms with van der Waals surface area (Å²) in [4.78, 5) is 24.7. The number of nitrogens with zero attached hydrogens (tertiary/aromatic N) is 3. The minimum Gasteiger partial charge on any atom is -0.494 e. The van der Waals surface area contributed by atoms with Crippen molar-refractivity contribution in [3.63, 3.8) is 0 Å². The minimum atomic E-state index is -0.344. The lowest BCUT2D eigenvalue weighted by molar-refractivity contribution is -0.917. The molecule has 144 valence electrons. The first-order valence-electron chi connectivity index (χ1n) is 9.31. The van der Waals surface area contributed by atoms with E-state index in [1.54, 1.807) is 12.3 Å². The Morgan fingerprint density at radius 2 is 1.93 bits per heavy atom. The molecule has 1 amide bonds. The number of aromatic nitrogens is 2. The molecule has 0 unspecified atom stereocenters. The molecule has 6 nitrogen and oxygen atoms in total. The zero-order chi connectivity index (χ0) is 19.5. The molecule has 0 radical (unpaired) electrons. The van der Waals surface area contributed by atoms with Crippen molar-refractivity contribution in [3.8, 4) is 5.75 Å². The number of methoxy groups -OCH3 is 1. The Morgan fingerprint density at radius 1 is 1.18 bits per heavy atom. The Labute approximate surface area is 162 Å². The number of benzene rings is 2. The Kier molecular flexibility index (Phi) is 5.16. The number of hydrogen-bond acceptors (Lipinski definition) is 4. The summed E-state index contributed by atoms with van der Waals surface area (Å²) in [5.41, 5.74) is 2.80. The standard InChI is InChI=1S/C21H21FN4O2/c1-28-20-7-6-15(12-16(20)22)14-25-8-10-26(11-9-25)21(27)19-13-23-17-4-2-3-5-18(17)24-19/h2-7,12-13H,8-11,14H2,1H3/p+1. The van der Waals surface area contributed by atoms with E-state index >= 15 is 0 Å². The third-order valence-electron chi connectivity index (χ3n) is 5.10. The average molecular weight is 381 g/mol. The summed E-state index contributed by atoms with van der Waals surface area (Å²) in [6, 6.07) is 12.6. The Bertz CT molecular complexity index is 1000. The summed E-state index contributed by atoms with van der Waals surface area (Å²) in [6.07, 6.45) is 1.55. The van der Waals surface area contributed by atoms with Crippen LogP contribution >= 0.6 is 0 Å². The van der Waals surface area contributed by atoms with Crippen LogP contribution in [0.25, 0.3) is 11.0 Å². The maximum absolute atomic E-state index is 13.9. The summed E-state index contributed by atoms with van der Waals surface area (Å²) >= 11 is 0. The van der Waals surface area contributed by atoms with E-state index in [2.05, 4.69) is 9.97 Å². The zero-order valence-electron chi connectivity index (χ0n) is 15.7. The number of halogens is 1. The fourth-order valence-electron chi connectivity index (χ4n) is 3.53. The first kappa shape index (κ1) is 18.3. The van der Waals surface area contributed by atoms with Gasteiger partial charge in [-0.3, -0.25) is 9.78 Å². The van der Waals surface area contributed by atoms with Gasteiger partial charge in [-0.1, -0.05) is 12.1 Å². The number of nitrogens with one attached hydrogen (secondary N) is 1. The van der Waals surface area contributed by atoms with Crippen molar-refractivity contribution in [2.24, 2.45) is 0 Å². The molecule has 0 aliphatic carbocycles. The minimum absolute atomic E-state index is 0.0900. The van der Waals surface area contributed by atoms with E-state index in [1.165, 1.54) is 18.1 Å². The molecule has 1 aromatic heterocycles. The smallest absolute Gasteiger partial charge is 0.274 e. The third kappa shape index (κ3) is 3.80. The van der Waals surface area contributed by atoms with Crippen molar-refractivity contribution in [2.45, 2.75) is 6.54 Å². The molecule has 1 N–H and O–H groups in total. The summed E-state index contributed by atoms with van der Waals surface area (Å²) < 4.78 is 18.8. The summed E-state index contributed by atoms with van der Waals surface area (Å²) in [7, 11) is 1.46. The number of para-hydroxylation sites is 2. The maximum atomic E-state index is 13.9. The third-order valence-corrected chi connectivity index (χ3v) is 5.10. The van der Waals surface area contributed by atoms with Crippen LogP contribution in [0.4, 0.5) is 4.39 Å². The second-order valence-electron chi connectivity index (χ2n) is 6.93. The van der Waals surface area contributed by atoms with E-state index in [0.717, 1.165) is 36.2 Å². The van der Waals surface area contributed by atoms with Crippen LogP contribution in [0.1, 0.15) is 16.1 Å². The van der Waals surface area contributed by atoms with Crippen molar-refractivity contribution in [3.05, 3.63) is 65.7 Å². The van der Waals surface area contributed by atoms with Crippen LogP contribution in [0, 0.1) is 5.82 Å². The van der Waals surface area contributed by atoms with Gasteiger partial charge in [-0.25, -0.2) is 9.37 Å². The van der Waals surface area contributed by atoms with Crippen LogP contribution < -0.4 is 9.64 Å². The van der Waals surface area contributed by atoms with Gasteiger partial charge in [-0.05, 0) is 30.3 Å². The molecule has 28 heavy (non-hydrogen) atoms. The average Bonchev–Trinajstić information content (AvgIpc) is 2.73. The second-order valence-corrected chi connectivity index (χ2v) is 6.93. The van der Waals surface area contributed by atoms with E-state index < -0.39 is 0 Å². The Hall–Kier alpha value is -3.06. The lowest BCUT2D eigenvalue weighted by atomic mass is 10.1. The van der Waals surface area contributed by atoms with Crippen molar-refractivity contribution >= 4 is 16.9 Å². The Morgan fingerprint density at radius 3 is 2.64 bits per heavy atom. The second kappa shape index (κ2) is 7.90. The summed E-state index contributed by atoms with van der Waals surface area (Å²) in [5.74, 6) is -0.179. The normalized spacial score (nSPS) is 15.0. The van der Waals surface area contributed by atoms with Crippen molar-refractivity contribution in [2.75, 3.05) is 33.3 Å². The molecule has 0 bridgehead atoms. The fraction of sp³-hybridized carbons (Fsp3) is 0.286. The van der Waals surface area contributed by atoms with Gasteiger partial charge in [0.1, 0.15) is 12.2 Å². The number of piperazine rings is 1. The molecular weight excluding hydrogens is 359 g/mol. The molecule has 0 spiro atoms. The van der Waals surface area contributed by atoms with E-state index in [-0.39, 0.29) is 17.5 Å². The van der Waals surface area contributed by atoms with E-state index in [4.69, 9.17) is 4.74 Å². The van der Waals surface area contributed by atoms with E-state index in [9.17, 15) is 9.18 Å². The van der Waals surface area contributed by atoms with E-state index in [1.807, 2.05) is 35.2 Å². The predicted molar refractivity (Wildman–Crippen MR) is 103 cm³/mol. The molecule has 7 heteroatoms. The topological polar surface area (TPSA) is 59.8 Å². The van der Waals surface area contributed by atoms with Crippen LogP contribution in [0.15, 0.2) is 48.7 Å². The number of ether oxygens (including phenoxy) is 1. The number of amides is 1. The van der Waals surface area contributed by atoms with E-state index in [0.29, 0.717) is 18.8 Å². The van der Waals surface area contributed by atoms with Gasteiger partial charge < -0.3 is 14.5 Å². The number of rotatable bonds is 4. The van der Waals surface area contributed by atoms with Crippen LogP contribution in [0.2, 0.25) is 0 Å². The molecule has 1 fully saturated rings. The predicted octanol–water partition coefficient (Wildman–Crippen LogP) is 1.32. The molecule has 2 aromatic carbocycles. The van der Waals surface area contributed by atoms with Crippen molar-refractivity contribution in [1.82, 2.24) is 14.9 Å². The highest BCUT2D eigenvalue weighted by Gasteiger charge is 2.26. The van der Waals surface area contributed by atoms with Gasteiger partial charge in [-0.2, -0.15) is 0 Å². The lowest BCUT2D eigenvalue weighted by Crippen LogP contribution is -3.13. The summed E-state index contributed by atoms with van der Waals surface area (Å²) in [6.45, 7) is 3.61. The van der Waals surface area contributed by atoms with Gasteiger partial charge >= 0.3 is 0 Å². The van der Waals surface area contributed by atoms with Gasteiger partial charge in [0.05, 0.1) is 50.5 Å². The molecule has 0 saturated carbocycles. The number of carbonyl (C=O) groups excluding carboxylic acids is 1. The highest BCUT2D eigenvalue weighted by molar-refractivity contribution is 5.93. The van der Waals surface area contributed by atoms with Crippen molar-refractivity contribution < 1.29 is 18.8 Å². The molecular formula is C21H22FN4O2+. The van der Waals surface area contributed by atoms with Crippen LogP contribution in [0.3, 0.4) is 0 Å². The van der Waals surface area contributed by atoms with Crippen LogP contribution in [0.5, 0.6) is 5.75 Å². The van der Waals surface area contributed by atoms with Gasteiger partial charge in [-0.15, -0.1) is 0 Å². The molecule has 4 rings (SSSR count). The SMILES string of the molecule is COc1ccc(C[NH+]2CCN(C(=O)c3cnc4ccccc4n3)CC2)cc1F. The number of quaternary nitrogens is 1.